The summed E-state index contributed by atoms with van der Waals surface area (Å²) in [5.41, 5.74) is 0.738. The van der Waals surface area contributed by atoms with Gasteiger partial charge in [-0.1, -0.05) is 6.92 Å². The van der Waals surface area contributed by atoms with E-state index in [1.165, 1.54) is 0 Å². The first-order valence-electron chi connectivity index (χ1n) is 7.65. The van der Waals surface area contributed by atoms with Gasteiger partial charge in [-0.25, -0.2) is 0 Å². The third-order valence-electron chi connectivity index (χ3n) is 3.87. The van der Waals surface area contributed by atoms with Crippen LogP contribution in [0.1, 0.15) is 23.8 Å². The highest BCUT2D eigenvalue weighted by Gasteiger charge is 2.15. The maximum atomic E-state index is 12.3. The Kier molecular flexibility index (Phi) is 6.26. The maximum Gasteiger partial charge on any atom is 0.267 e. The molecule has 1 saturated heterocycles. The molecule has 0 unspecified atom stereocenters. The van der Waals surface area contributed by atoms with Gasteiger partial charge in [-0.3, -0.25) is 9.69 Å². The SMILES string of the molecule is CCCn1cc(Br)cc1C(=O)NCCN1CCN(C)CC1. The van der Waals surface area contributed by atoms with Crippen LogP contribution in [-0.4, -0.2) is 66.6 Å². The smallest absolute Gasteiger partial charge is 0.267 e. The Bertz CT molecular complexity index is 466. The van der Waals surface area contributed by atoms with E-state index in [1.807, 2.05) is 16.8 Å². The summed E-state index contributed by atoms with van der Waals surface area (Å²) >= 11 is 3.44. The number of hydrogen-bond donors (Lipinski definition) is 1. The summed E-state index contributed by atoms with van der Waals surface area (Å²) in [6.45, 7) is 9.01. The van der Waals surface area contributed by atoms with Crippen LogP contribution in [0.2, 0.25) is 0 Å². The van der Waals surface area contributed by atoms with Crippen LogP contribution in [-0.2, 0) is 6.54 Å². The minimum Gasteiger partial charge on any atom is -0.349 e. The molecule has 2 rings (SSSR count). The number of amides is 1. The van der Waals surface area contributed by atoms with Crippen molar-refractivity contribution in [2.75, 3.05) is 46.3 Å². The summed E-state index contributed by atoms with van der Waals surface area (Å²) in [6.07, 6.45) is 2.99. The minimum absolute atomic E-state index is 0.0169. The van der Waals surface area contributed by atoms with E-state index in [1.54, 1.807) is 0 Å². The fourth-order valence-corrected chi connectivity index (χ4v) is 3.04. The lowest BCUT2D eigenvalue weighted by Gasteiger charge is -2.32. The number of aromatic nitrogens is 1. The molecular weight excluding hydrogens is 332 g/mol. The molecule has 118 valence electrons. The van der Waals surface area contributed by atoms with Crippen LogP contribution in [0.15, 0.2) is 16.7 Å². The Labute approximate surface area is 135 Å². The quantitative estimate of drug-likeness (QED) is 0.842. The van der Waals surface area contributed by atoms with Crippen molar-refractivity contribution in [1.29, 1.82) is 0 Å². The molecule has 6 heteroatoms. The van der Waals surface area contributed by atoms with Crippen molar-refractivity contribution >= 4 is 21.8 Å². The van der Waals surface area contributed by atoms with Gasteiger partial charge in [-0.05, 0) is 35.5 Å². The summed E-state index contributed by atoms with van der Waals surface area (Å²) in [6, 6.07) is 1.89. The second-order valence-corrected chi connectivity index (χ2v) is 6.55. The second-order valence-electron chi connectivity index (χ2n) is 5.64. The summed E-state index contributed by atoms with van der Waals surface area (Å²) in [5, 5.41) is 3.03. The molecule has 21 heavy (non-hydrogen) atoms. The Morgan fingerprint density at radius 3 is 2.67 bits per heavy atom. The zero-order chi connectivity index (χ0) is 15.2. The number of likely N-dealkylation sites (N-methyl/N-ethyl adjacent to an activating group) is 1. The van der Waals surface area contributed by atoms with Crippen LogP contribution in [0.4, 0.5) is 0 Å². The Balaban J connectivity index is 1.79. The third-order valence-corrected chi connectivity index (χ3v) is 4.30. The molecule has 1 aliphatic rings. The molecule has 2 heterocycles. The van der Waals surface area contributed by atoms with Gasteiger partial charge in [-0.15, -0.1) is 0 Å². The van der Waals surface area contributed by atoms with Gasteiger partial charge in [0.05, 0.1) is 0 Å². The van der Waals surface area contributed by atoms with Crippen molar-refractivity contribution in [2.24, 2.45) is 0 Å². The number of rotatable bonds is 6. The predicted molar refractivity (Wildman–Crippen MR) is 88.7 cm³/mol. The Morgan fingerprint density at radius 1 is 1.29 bits per heavy atom. The van der Waals surface area contributed by atoms with E-state index in [9.17, 15) is 4.79 Å². The maximum absolute atomic E-state index is 12.3. The molecule has 1 N–H and O–H groups in total. The number of nitrogens with zero attached hydrogens (tertiary/aromatic N) is 3. The lowest BCUT2D eigenvalue weighted by Crippen LogP contribution is -2.47. The van der Waals surface area contributed by atoms with Gasteiger partial charge in [0.25, 0.3) is 5.91 Å². The Morgan fingerprint density at radius 2 is 2.00 bits per heavy atom. The van der Waals surface area contributed by atoms with Crippen molar-refractivity contribution in [2.45, 2.75) is 19.9 Å². The number of nitrogens with one attached hydrogen (secondary N) is 1. The van der Waals surface area contributed by atoms with E-state index in [0.29, 0.717) is 6.54 Å². The molecule has 0 radical (unpaired) electrons. The zero-order valence-corrected chi connectivity index (χ0v) is 14.5. The van der Waals surface area contributed by atoms with E-state index in [-0.39, 0.29) is 5.91 Å². The first kappa shape index (κ1) is 16.5. The number of carbonyl (C=O) groups is 1. The predicted octanol–water partition coefficient (Wildman–Crippen LogP) is 1.64. The molecule has 1 aromatic rings. The highest BCUT2D eigenvalue weighted by Crippen LogP contribution is 2.15. The van der Waals surface area contributed by atoms with Gasteiger partial charge in [0, 0.05) is 56.5 Å². The van der Waals surface area contributed by atoms with Crippen molar-refractivity contribution < 1.29 is 4.79 Å². The van der Waals surface area contributed by atoms with E-state index in [2.05, 4.69) is 45.0 Å². The van der Waals surface area contributed by atoms with E-state index < -0.39 is 0 Å². The van der Waals surface area contributed by atoms with Crippen molar-refractivity contribution in [3.05, 3.63) is 22.4 Å². The van der Waals surface area contributed by atoms with E-state index >= 15 is 0 Å². The standard InChI is InChI=1S/C15H25BrN4O/c1-3-5-20-12-13(16)11-14(20)15(21)17-4-6-19-9-7-18(2)8-10-19/h11-12H,3-10H2,1-2H3,(H,17,21). The number of piperazine rings is 1. The number of halogens is 1. The van der Waals surface area contributed by atoms with E-state index in [4.69, 9.17) is 0 Å². The van der Waals surface area contributed by atoms with Gasteiger partial charge in [-0.2, -0.15) is 0 Å². The molecule has 0 saturated carbocycles. The fourth-order valence-electron chi connectivity index (χ4n) is 2.58. The third kappa shape index (κ3) is 4.83. The highest BCUT2D eigenvalue weighted by molar-refractivity contribution is 9.10. The molecule has 0 aliphatic carbocycles. The molecule has 0 bridgehead atoms. The number of hydrogen-bond acceptors (Lipinski definition) is 3. The summed E-state index contributed by atoms with van der Waals surface area (Å²) in [5.74, 6) is 0.0169. The summed E-state index contributed by atoms with van der Waals surface area (Å²) < 4.78 is 2.97. The van der Waals surface area contributed by atoms with E-state index in [0.717, 1.165) is 55.9 Å². The first-order valence-corrected chi connectivity index (χ1v) is 8.44. The zero-order valence-electron chi connectivity index (χ0n) is 12.9. The average molecular weight is 357 g/mol. The lowest BCUT2D eigenvalue weighted by atomic mass is 10.3. The van der Waals surface area contributed by atoms with Crippen LogP contribution in [0.3, 0.4) is 0 Å². The monoisotopic (exact) mass is 356 g/mol. The van der Waals surface area contributed by atoms with Crippen molar-refractivity contribution in [1.82, 2.24) is 19.7 Å². The number of aryl methyl sites for hydroxylation is 1. The van der Waals surface area contributed by atoms with Crippen LogP contribution in [0, 0.1) is 0 Å². The first-order chi connectivity index (χ1) is 10.1. The molecule has 1 amide bonds. The van der Waals surface area contributed by atoms with Crippen LogP contribution in [0.5, 0.6) is 0 Å². The van der Waals surface area contributed by atoms with Crippen LogP contribution >= 0.6 is 15.9 Å². The average Bonchev–Trinajstić information content (AvgIpc) is 2.82. The minimum atomic E-state index is 0.0169. The van der Waals surface area contributed by atoms with Crippen LogP contribution in [0.25, 0.3) is 0 Å². The van der Waals surface area contributed by atoms with Crippen LogP contribution < -0.4 is 5.32 Å². The van der Waals surface area contributed by atoms with Crippen molar-refractivity contribution in [3.8, 4) is 0 Å². The van der Waals surface area contributed by atoms with Gasteiger partial charge in [0.15, 0.2) is 0 Å². The fraction of sp³-hybridized carbons (Fsp3) is 0.667. The molecule has 1 fully saturated rings. The molecule has 0 aromatic carbocycles. The topological polar surface area (TPSA) is 40.5 Å². The molecule has 1 aromatic heterocycles. The van der Waals surface area contributed by atoms with Gasteiger partial charge < -0.3 is 14.8 Å². The largest absolute Gasteiger partial charge is 0.349 e. The number of carbonyl (C=O) groups excluding carboxylic acids is 1. The Hall–Kier alpha value is -0.850. The summed E-state index contributed by atoms with van der Waals surface area (Å²) in [4.78, 5) is 17.0. The molecule has 0 spiro atoms. The second kappa shape index (κ2) is 7.96. The highest BCUT2D eigenvalue weighted by atomic mass is 79.9. The molecular formula is C15H25BrN4O. The molecule has 5 nitrogen and oxygen atoms in total. The van der Waals surface area contributed by atoms with Gasteiger partial charge >= 0.3 is 0 Å². The lowest BCUT2D eigenvalue weighted by molar-refractivity contribution is 0.0931. The molecule has 1 aliphatic heterocycles. The van der Waals surface area contributed by atoms with Crippen molar-refractivity contribution in [3.63, 3.8) is 0 Å². The van der Waals surface area contributed by atoms with Gasteiger partial charge in [0.2, 0.25) is 0 Å². The normalized spacial score (nSPS) is 17.1. The molecule has 0 atom stereocenters. The summed E-state index contributed by atoms with van der Waals surface area (Å²) in [7, 11) is 2.15. The van der Waals surface area contributed by atoms with Gasteiger partial charge in [0.1, 0.15) is 5.69 Å².